The van der Waals surface area contributed by atoms with Crippen molar-refractivity contribution >= 4 is 65.2 Å². The van der Waals surface area contributed by atoms with E-state index in [2.05, 4.69) is 47.2 Å². The number of nitrogens with one attached hydrogen (secondary N) is 7. The van der Waals surface area contributed by atoms with Gasteiger partial charge in [-0.3, -0.25) is 48.3 Å². The van der Waals surface area contributed by atoms with Gasteiger partial charge in [0.05, 0.1) is 19.1 Å². The maximum Gasteiger partial charge on any atom is 0.314 e. The summed E-state index contributed by atoms with van der Waals surface area (Å²) in [4.78, 5) is 134. The van der Waals surface area contributed by atoms with Crippen LogP contribution in [0.4, 0.5) is 4.79 Å². The van der Waals surface area contributed by atoms with E-state index in [0.29, 0.717) is 69.9 Å². The molecule has 0 aromatic heterocycles. The maximum atomic E-state index is 14.3. The Kier molecular flexibility index (Phi) is 32.0. The number of aliphatic imine (C=N–C) groups is 2. The second-order valence-electron chi connectivity index (χ2n) is 20.0. The SMILES string of the molecule is CCC[C@@H]1NC(=O)[C@H](CCCN=C(N)N)NC(=O)CN(C(=O)[C@@H](N)CCCN=C(N)N)CCCCCCNC(=O)NCCCCN(CC(N)=O)C(=O)[C@H](CCC(C)C)NC(=O)[C@H](CN)NC(=O)[C@H](Cc2ccc(O)cc2)NC1=O. The monoisotopic (exact) mass is 1110 g/mol. The van der Waals surface area contributed by atoms with Gasteiger partial charge >= 0.3 is 6.03 Å². The molecule has 444 valence electrons. The molecule has 2 rings (SSSR count). The number of aromatic hydroxyl groups is 1. The molecule has 0 radical (unpaired) electrons. The van der Waals surface area contributed by atoms with Crippen molar-refractivity contribution in [3.05, 3.63) is 29.8 Å². The summed E-state index contributed by atoms with van der Waals surface area (Å²) in [7, 11) is 0. The minimum absolute atomic E-state index is 0.0132. The van der Waals surface area contributed by atoms with Gasteiger partial charge in [0.1, 0.15) is 36.0 Å². The van der Waals surface area contributed by atoms with E-state index in [1.54, 1.807) is 6.92 Å². The first kappa shape index (κ1) is 67.6. The minimum atomic E-state index is -1.44. The number of carbonyl (C=O) groups is 9. The highest BCUT2D eigenvalue weighted by Gasteiger charge is 2.34. The Morgan fingerprint density at radius 3 is 1.78 bits per heavy atom. The zero-order valence-electron chi connectivity index (χ0n) is 46.3. The van der Waals surface area contributed by atoms with Gasteiger partial charge in [-0.2, -0.15) is 0 Å². The van der Waals surface area contributed by atoms with Gasteiger partial charge in [0, 0.05) is 52.2 Å². The van der Waals surface area contributed by atoms with Crippen LogP contribution in [0.2, 0.25) is 0 Å². The lowest BCUT2D eigenvalue weighted by molar-refractivity contribution is -0.140. The first-order valence-electron chi connectivity index (χ1n) is 27.3. The van der Waals surface area contributed by atoms with E-state index >= 15 is 0 Å². The number of urea groups is 1. The van der Waals surface area contributed by atoms with Crippen LogP contribution in [0.5, 0.6) is 5.75 Å². The second-order valence-corrected chi connectivity index (χ2v) is 20.0. The van der Waals surface area contributed by atoms with E-state index in [0.717, 1.165) is 0 Å². The van der Waals surface area contributed by atoms with Gasteiger partial charge in [-0.25, -0.2) is 4.79 Å². The van der Waals surface area contributed by atoms with Crippen LogP contribution in [-0.2, 0) is 44.8 Å². The largest absolute Gasteiger partial charge is 0.508 e. The Hall–Kier alpha value is -7.49. The third-order valence-corrected chi connectivity index (χ3v) is 12.7. The van der Waals surface area contributed by atoms with E-state index in [-0.39, 0.29) is 94.8 Å². The van der Waals surface area contributed by atoms with Crippen LogP contribution in [0.25, 0.3) is 0 Å². The summed E-state index contributed by atoms with van der Waals surface area (Å²) in [6.07, 6.45) is 4.76. The number of guanidine groups is 2. The van der Waals surface area contributed by atoms with Gasteiger partial charge in [-0.1, -0.05) is 52.2 Å². The number of hydrogen-bond donors (Lipinski definition) is 15. The van der Waals surface area contributed by atoms with Gasteiger partial charge in [0.25, 0.3) is 0 Å². The lowest BCUT2D eigenvalue weighted by Crippen LogP contribution is -2.61. The van der Waals surface area contributed by atoms with Crippen LogP contribution in [0, 0.1) is 5.92 Å². The third kappa shape index (κ3) is 28.1. The molecular formula is C51H90N18O10. The molecule has 0 aliphatic carbocycles. The molecule has 1 fully saturated rings. The van der Waals surface area contributed by atoms with E-state index in [1.807, 2.05) is 13.8 Å². The first-order valence-corrected chi connectivity index (χ1v) is 27.3. The number of hydrogen-bond acceptors (Lipinski definition) is 14. The van der Waals surface area contributed by atoms with Gasteiger partial charge < -0.3 is 92.3 Å². The second kappa shape index (κ2) is 37.3. The Morgan fingerprint density at radius 1 is 0.658 bits per heavy atom. The molecule has 1 heterocycles. The molecule has 6 atom stereocenters. The average Bonchev–Trinajstić information content (AvgIpc) is 3.39. The summed E-state index contributed by atoms with van der Waals surface area (Å²) in [6, 6.07) is -2.18. The fourth-order valence-corrected chi connectivity index (χ4v) is 8.39. The number of carbonyl (C=O) groups excluding carboxylic acids is 9. The molecule has 1 saturated heterocycles. The molecule has 28 nitrogen and oxygen atoms in total. The fourth-order valence-electron chi connectivity index (χ4n) is 8.39. The number of benzene rings is 1. The number of amides is 10. The number of rotatable bonds is 19. The Labute approximate surface area is 463 Å². The number of nitrogens with zero attached hydrogens (tertiary/aromatic N) is 4. The number of phenols is 1. The smallest absolute Gasteiger partial charge is 0.314 e. The summed E-state index contributed by atoms with van der Waals surface area (Å²) in [5.74, 6) is -6.14. The predicted molar refractivity (Wildman–Crippen MR) is 299 cm³/mol. The summed E-state index contributed by atoms with van der Waals surface area (Å²) in [6.45, 7) is 5.32. The van der Waals surface area contributed by atoms with Gasteiger partial charge in [0.2, 0.25) is 47.3 Å². The summed E-state index contributed by atoms with van der Waals surface area (Å²) in [5, 5.41) is 29.0. The number of phenolic OH excluding ortho intramolecular Hbond substituents is 1. The normalized spacial score (nSPS) is 21.2. The summed E-state index contributed by atoms with van der Waals surface area (Å²) >= 11 is 0. The van der Waals surface area contributed by atoms with E-state index in [4.69, 9.17) is 40.1 Å². The average molecular weight is 1120 g/mol. The van der Waals surface area contributed by atoms with Crippen molar-refractivity contribution in [1.82, 2.24) is 47.0 Å². The topological polar surface area (TPSA) is 471 Å². The Balaban J connectivity index is 2.62. The standard InChI is InChI=1S/C51H90N18O10/c1-4-13-36-43(73)66-39(28-33-17-19-34(70)20-18-33)45(75)67-40(29-52)46(76)65-38(21-16-32(2)3)48(78)68(30-41(54)71)27-10-8-23-62-51(79)61-22-7-5-6-9-26-69(47(77)35(53)14-11-24-59-49(55)56)31-42(72)63-37(44(74)64-36)15-12-25-60-50(57)58/h17-20,32,35-40,70H,4-16,21-31,52-53H2,1-3H3,(H2,54,71)(H,63,72)(H,64,74)(H,65,76)(H,66,73)(H,67,75)(H4,55,56,59)(H4,57,58,60)(H2,61,62,79)/t35-,36-,37-,38-,39-,40-/m0/s1. The van der Waals surface area contributed by atoms with E-state index in [9.17, 15) is 48.3 Å². The zero-order chi connectivity index (χ0) is 58.9. The summed E-state index contributed by atoms with van der Waals surface area (Å²) < 4.78 is 0. The molecule has 79 heavy (non-hydrogen) atoms. The summed E-state index contributed by atoms with van der Waals surface area (Å²) in [5.41, 5.74) is 40.5. The highest BCUT2D eigenvalue weighted by molar-refractivity contribution is 5.97. The molecule has 1 aromatic carbocycles. The van der Waals surface area contributed by atoms with Crippen molar-refractivity contribution in [2.24, 2.45) is 56.0 Å². The van der Waals surface area contributed by atoms with Crippen LogP contribution in [0.15, 0.2) is 34.3 Å². The van der Waals surface area contributed by atoms with Gasteiger partial charge in [-0.05, 0) is 94.2 Å². The molecule has 10 amide bonds. The molecule has 1 aliphatic heterocycles. The molecule has 1 aliphatic rings. The zero-order valence-corrected chi connectivity index (χ0v) is 46.3. The van der Waals surface area contributed by atoms with Crippen molar-refractivity contribution in [3.63, 3.8) is 0 Å². The van der Waals surface area contributed by atoms with E-state index in [1.165, 1.54) is 34.1 Å². The molecular weight excluding hydrogens is 1020 g/mol. The van der Waals surface area contributed by atoms with Gasteiger partial charge in [-0.15, -0.1) is 0 Å². The van der Waals surface area contributed by atoms with Crippen molar-refractivity contribution in [2.45, 2.75) is 153 Å². The molecule has 0 saturated carbocycles. The minimum Gasteiger partial charge on any atom is -0.508 e. The Morgan fingerprint density at radius 2 is 1.19 bits per heavy atom. The van der Waals surface area contributed by atoms with Crippen molar-refractivity contribution in [3.8, 4) is 5.75 Å². The Bertz CT molecular complexity index is 2170. The highest BCUT2D eigenvalue weighted by atomic mass is 16.3. The lowest BCUT2D eigenvalue weighted by atomic mass is 10.0. The highest BCUT2D eigenvalue weighted by Crippen LogP contribution is 2.15. The molecule has 28 heteroatoms. The van der Waals surface area contributed by atoms with Crippen LogP contribution in [0.1, 0.15) is 116 Å². The quantitative estimate of drug-likeness (QED) is 0.0368. The van der Waals surface area contributed by atoms with Crippen molar-refractivity contribution in [1.29, 1.82) is 0 Å². The number of primary amides is 1. The molecule has 1 aromatic rings. The van der Waals surface area contributed by atoms with Crippen LogP contribution in [0.3, 0.4) is 0 Å². The van der Waals surface area contributed by atoms with E-state index < -0.39 is 109 Å². The maximum absolute atomic E-state index is 14.3. The molecule has 0 bridgehead atoms. The van der Waals surface area contributed by atoms with Crippen LogP contribution >= 0.6 is 0 Å². The molecule has 0 spiro atoms. The lowest BCUT2D eigenvalue weighted by Gasteiger charge is -2.29. The molecule has 0 unspecified atom stereocenters. The first-order chi connectivity index (χ1) is 37.5. The van der Waals surface area contributed by atoms with Crippen molar-refractivity contribution in [2.75, 3.05) is 58.9 Å². The molecule has 22 N–H and O–H groups in total. The predicted octanol–water partition coefficient (Wildman–Crippen LogP) is -3.22. The van der Waals surface area contributed by atoms with Crippen molar-refractivity contribution < 1.29 is 48.3 Å². The number of nitrogens with two attached hydrogens (primary N) is 7. The van der Waals surface area contributed by atoms with Crippen LogP contribution < -0.4 is 77.4 Å². The third-order valence-electron chi connectivity index (χ3n) is 12.7. The van der Waals surface area contributed by atoms with Crippen LogP contribution in [-0.4, -0.2) is 175 Å². The fraction of sp³-hybridized carbons (Fsp3) is 0.667. The van der Waals surface area contributed by atoms with Gasteiger partial charge in [0.15, 0.2) is 11.9 Å².